The van der Waals surface area contributed by atoms with Crippen molar-refractivity contribution in [2.45, 2.75) is 26.7 Å². The highest BCUT2D eigenvalue weighted by atomic mass is 16.1. The van der Waals surface area contributed by atoms with Crippen molar-refractivity contribution in [3.8, 4) is 0 Å². The monoisotopic (exact) mass is 299 g/mol. The zero-order chi connectivity index (χ0) is 15.5. The Balaban J connectivity index is 1.58. The maximum atomic E-state index is 12.1. The van der Waals surface area contributed by atoms with E-state index in [0.29, 0.717) is 12.5 Å². The van der Waals surface area contributed by atoms with Crippen molar-refractivity contribution in [1.82, 2.24) is 15.6 Å². The summed E-state index contributed by atoms with van der Waals surface area (Å²) < 4.78 is 0. The van der Waals surface area contributed by atoms with Gasteiger partial charge in [-0.05, 0) is 43.0 Å². The molecular weight excluding hydrogens is 274 g/mol. The van der Waals surface area contributed by atoms with Crippen molar-refractivity contribution in [2.75, 3.05) is 19.6 Å². The Kier molecular flexibility index (Phi) is 4.48. The van der Waals surface area contributed by atoms with E-state index in [1.807, 2.05) is 6.92 Å². The van der Waals surface area contributed by atoms with Gasteiger partial charge in [-0.3, -0.25) is 4.79 Å². The molecule has 1 fully saturated rings. The van der Waals surface area contributed by atoms with E-state index in [4.69, 9.17) is 0 Å². The molecule has 4 heteroatoms. The lowest BCUT2D eigenvalue weighted by Gasteiger charge is -2.31. The van der Waals surface area contributed by atoms with Crippen LogP contribution < -0.4 is 10.6 Å². The number of amides is 1. The first-order chi connectivity index (χ1) is 10.7. The summed E-state index contributed by atoms with van der Waals surface area (Å²) in [5.74, 6) is 0.789. The SMILES string of the molecule is CCc1cccc2c(CCNC(=O)C(C)C3CNC3)c[nH]c12. The number of aromatic amines is 1. The van der Waals surface area contributed by atoms with Crippen LogP contribution >= 0.6 is 0 Å². The molecule has 1 atom stereocenters. The Morgan fingerprint density at radius 3 is 2.86 bits per heavy atom. The third kappa shape index (κ3) is 2.88. The van der Waals surface area contributed by atoms with Gasteiger partial charge in [-0.15, -0.1) is 0 Å². The normalized spacial score (nSPS) is 16.5. The van der Waals surface area contributed by atoms with Crippen LogP contribution in [0.1, 0.15) is 25.0 Å². The molecule has 1 unspecified atom stereocenters. The molecule has 0 saturated carbocycles. The summed E-state index contributed by atoms with van der Waals surface area (Å²) in [5.41, 5.74) is 3.86. The van der Waals surface area contributed by atoms with Gasteiger partial charge in [-0.1, -0.05) is 32.0 Å². The Labute approximate surface area is 131 Å². The van der Waals surface area contributed by atoms with Gasteiger partial charge in [0.25, 0.3) is 0 Å². The van der Waals surface area contributed by atoms with Gasteiger partial charge >= 0.3 is 0 Å². The molecule has 0 spiro atoms. The van der Waals surface area contributed by atoms with Gasteiger partial charge in [0.1, 0.15) is 0 Å². The zero-order valence-corrected chi connectivity index (χ0v) is 13.4. The van der Waals surface area contributed by atoms with Crippen LogP contribution in [-0.4, -0.2) is 30.5 Å². The number of para-hydroxylation sites is 1. The van der Waals surface area contributed by atoms with Gasteiger partial charge in [-0.2, -0.15) is 0 Å². The summed E-state index contributed by atoms with van der Waals surface area (Å²) in [6.07, 6.45) is 3.98. The van der Waals surface area contributed by atoms with E-state index in [9.17, 15) is 4.79 Å². The molecule has 3 rings (SSSR count). The minimum absolute atomic E-state index is 0.107. The third-order valence-corrected chi connectivity index (χ3v) is 4.90. The van der Waals surface area contributed by atoms with Crippen LogP contribution in [0.4, 0.5) is 0 Å². The van der Waals surface area contributed by atoms with E-state index in [2.05, 4.69) is 46.9 Å². The topological polar surface area (TPSA) is 56.9 Å². The van der Waals surface area contributed by atoms with Gasteiger partial charge in [0.15, 0.2) is 0 Å². The van der Waals surface area contributed by atoms with Crippen molar-refractivity contribution in [2.24, 2.45) is 11.8 Å². The Bertz CT molecular complexity index is 657. The van der Waals surface area contributed by atoms with Gasteiger partial charge in [0, 0.05) is 29.6 Å². The number of hydrogen-bond acceptors (Lipinski definition) is 2. The van der Waals surface area contributed by atoms with Crippen LogP contribution in [0.25, 0.3) is 10.9 Å². The lowest BCUT2D eigenvalue weighted by Crippen LogP contribution is -2.49. The highest BCUT2D eigenvalue weighted by Crippen LogP contribution is 2.22. The van der Waals surface area contributed by atoms with E-state index < -0.39 is 0 Å². The second kappa shape index (κ2) is 6.53. The summed E-state index contributed by atoms with van der Waals surface area (Å²) >= 11 is 0. The molecule has 118 valence electrons. The van der Waals surface area contributed by atoms with Crippen molar-refractivity contribution < 1.29 is 4.79 Å². The van der Waals surface area contributed by atoms with Crippen LogP contribution in [0.3, 0.4) is 0 Å². The second-order valence-electron chi connectivity index (χ2n) is 6.26. The highest BCUT2D eigenvalue weighted by Gasteiger charge is 2.28. The fraction of sp³-hybridized carbons (Fsp3) is 0.500. The molecular formula is C18H25N3O. The fourth-order valence-electron chi connectivity index (χ4n) is 3.14. The summed E-state index contributed by atoms with van der Waals surface area (Å²) in [5, 5.41) is 7.59. The highest BCUT2D eigenvalue weighted by molar-refractivity contribution is 5.86. The number of H-pyrrole nitrogens is 1. The first-order valence-corrected chi connectivity index (χ1v) is 8.27. The summed E-state index contributed by atoms with van der Waals surface area (Å²) in [7, 11) is 0. The number of hydrogen-bond donors (Lipinski definition) is 3. The van der Waals surface area contributed by atoms with E-state index in [0.717, 1.165) is 25.9 Å². The number of aryl methyl sites for hydroxylation is 1. The van der Waals surface area contributed by atoms with Crippen molar-refractivity contribution in [3.05, 3.63) is 35.5 Å². The molecule has 2 heterocycles. The van der Waals surface area contributed by atoms with Crippen LogP contribution in [0.15, 0.2) is 24.4 Å². The number of nitrogens with one attached hydrogen (secondary N) is 3. The van der Waals surface area contributed by atoms with Crippen LogP contribution in [0, 0.1) is 11.8 Å². The largest absolute Gasteiger partial charge is 0.361 e. The lowest BCUT2D eigenvalue weighted by molar-refractivity contribution is -0.126. The Morgan fingerprint density at radius 2 is 2.18 bits per heavy atom. The Hall–Kier alpha value is -1.81. The zero-order valence-electron chi connectivity index (χ0n) is 13.4. The number of carbonyl (C=O) groups excluding carboxylic acids is 1. The molecule has 1 aliphatic heterocycles. The van der Waals surface area contributed by atoms with E-state index in [1.54, 1.807) is 0 Å². The number of benzene rings is 1. The molecule has 1 amide bonds. The van der Waals surface area contributed by atoms with Gasteiger partial charge in [-0.25, -0.2) is 0 Å². The fourth-order valence-corrected chi connectivity index (χ4v) is 3.14. The molecule has 1 aromatic heterocycles. The standard InChI is InChI=1S/C18H25N3O/c1-3-13-5-4-6-16-14(11-21-17(13)16)7-8-20-18(22)12(2)15-9-19-10-15/h4-6,11-12,15,19,21H,3,7-10H2,1-2H3,(H,20,22). The predicted octanol–water partition coefficient (Wildman–Crippen LogP) is 2.24. The first-order valence-electron chi connectivity index (χ1n) is 8.27. The maximum absolute atomic E-state index is 12.1. The van der Waals surface area contributed by atoms with Gasteiger partial charge in [0.05, 0.1) is 0 Å². The van der Waals surface area contributed by atoms with Crippen LogP contribution in [0.2, 0.25) is 0 Å². The molecule has 3 N–H and O–H groups in total. The number of aromatic nitrogens is 1. The number of fused-ring (bicyclic) bond motifs is 1. The minimum atomic E-state index is 0.107. The lowest BCUT2D eigenvalue weighted by atomic mass is 9.88. The molecule has 0 aliphatic carbocycles. The molecule has 4 nitrogen and oxygen atoms in total. The summed E-state index contributed by atoms with van der Waals surface area (Å²) in [6, 6.07) is 6.44. The average Bonchev–Trinajstić information content (AvgIpc) is 2.88. The quantitative estimate of drug-likeness (QED) is 0.766. The molecule has 0 bridgehead atoms. The second-order valence-corrected chi connectivity index (χ2v) is 6.26. The summed E-state index contributed by atoms with van der Waals surface area (Å²) in [4.78, 5) is 15.5. The number of carbonyl (C=O) groups is 1. The van der Waals surface area contributed by atoms with E-state index in [-0.39, 0.29) is 11.8 Å². The van der Waals surface area contributed by atoms with Gasteiger partial charge in [0.2, 0.25) is 5.91 Å². The smallest absolute Gasteiger partial charge is 0.223 e. The van der Waals surface area contributed by atoms with Crippen molar-refractivity contribution in [1.29, 1.82) is 0 Å². The van der Waals surface area contributed by atoms with Crippen LogP contribution in [-0.2, 0) is 17.6 Å². The van der Waals surface area contributed by atoms with Gasteiger partial charge < -0.3 is 15.6 Å². The van der Waals surface area contributed by atoms with Crippen molar-refractivity contribution >= 4 is 16.8 Å². The third-order valence-electron chi connectivity index (χ3n) is 4.90. The molecule has 2 aromatic rings. The maximum Gasteiger partial charge on any atom is 0.223 e. The van der Waals surface area contributed by atoms with E-state index in [1.165, 1.54) is 22.0 Å². The predicted molar refractivity (Wildman–Crippen MR) is 89.9 cm³/mol. The number of rotatable bonds is 6. The van der Waals surface area contributed by atoms with Crippen molar-refractivity contribution in [3.63, 3.8) is 0 Å². The Morgan fingerprint density at radius 1 is 1.36 bits per heavy atom. The minimum Gasteiger partial charge on any atom is -0.361 e. The molecule has 1 aliphatic rings. The summed E-state index contributed by atoms with van der Waals surface area (Å²) in [6.45, 7) is 6.84. The molecule has 22 heavy (non-hydrogen) atoms. The first kappa shape index (κ1) is 15.1. The molecule has 1 saturated heterocycles. The average molecular weight is 299 g/mol. The van der Waals surface area contributed by atoms with E-state index >= 15 is 0 Å². The molecule has 0 radical (unpaired) electrons. The molecule has 1 aromatic carbocycles. The van der Waals surface area contributed by atoms with Crippen LogP contribution in [0.5, 0.6) is 0 Å².